The van der Waals surface area contributed by atoms with Crippen LogP contribution < -0.4 is 10.1 Å². The number of aliphatic hydroxyl groups excluding tert-OH is 1. The van der Waals surface area contributed by atoms with Crippen LogP contribution in [0.4, 0.5) is 0 Å². The van der Waals surface area contributed by atoms with Crippen molar-refractivity contribution in [1.82, 2.24) is 5.32 Å². The van der Waals surface area contributed by atoms with Crippen molar-refractivity contribution >= 4 is 16.7 Å². The SMILES string of the molecule is COc1ccc2cccc(C(CO)CNC(=O)C3CC3)c2c1. The molecule has 0 aromatic heterocycles. The van der Waals surface area contributed by atoms with Gasteiger partial charge in [0.05, 0.1) is 13.7 Å². The molecule has 1 fully saturated rings. The fourth-order valence-electron chi connectivity index (χ4n) is 2.75. The zero-order valence-corrected chi connectivity index (χ0v) is 12.7. The molecule has 2 aromatic carbocycles. The summed E-state index contributed by atoms with van der Waals surface area (Å²) in [5.74, 6) is 0.973. The number of hydrogen-bond donors (Lipinski definition) is 2. The number of ether oxygens (including phenoxy) is 1. The Morgan fingerprint density at radius 3 is 2.86 bits per heavy atom. The largest absolute Gasteiger partial charge is 0.497 e. The Labute approximate surface area is 130 Å². The van der Waals surface area contributed by atoms with Gasteiger partial charge in [-0.2, -0.15) is 0 Å². The summed E-state index contributed by atoms with van der Waals surface area (Å²) in [5, 5.41) is 14.9. The highest BCUT2D eigenvalue weighted by atomic mass is 16.5. The smallest absolute Gasteiger partial charge is 0.223 e. The molecule has 3 rings (SSSR count). The molecule has 2 aromatic rings. The molecule has 4 heteroatoms. The molecule has 0 radical (unpaired) electrons. The van der Waals surface area contributed by atoms with Crippen LogP contribution in [-0.4, -0.2) is 31.3 Å². The summed E-state index contributed by atoms with van der Waals surface area (Å²) in [4.78, 5) is 11.8. The van der Waals surface area contributed by atoms with Crippen LogP contribution in [0.3, 0.4) is 0 Å². The Hall–Kier alpha value is -2.07. The van der Waals surface area contributed by atoms with E-state index in [0.29, 0.717) is 6.54 Å². The molecule has 4 nitrogen and oxygen atoms in total. The maximum atomic E-state index is 11.8. The monoisotopic (exact) mass is 299 g/mol. The normalized spacial score (nSPS) is 15.5. The summed E-state index contributed by atoms with van der Waals surface area (Å²) < 4.78 is 5.30. The first-order chi connectivity index (χ1) is 10.7. The van der Waals surface area contributed by atoms with Crippen molar-refractivity contribution in [3.8, 4) is 5.75 Å². The van der Waals surface area contributed by atoms with E-state index in [1.807, 2.05) is 36.4 Å². The maximum absolute atomic E-state index is 11.8. The number of hydrogen-bond acceptors (Lipinski definition) is 3. The zero-order valence-electron chi connectivity index (χ0n) is 12.7. The van der Waals surface area contributed by atoms with Crippen molar-refractivity contribution in [1.29, 1.82) is 0 Å². The van der Waals surface area contributed by atoms with Gasteiger partial charge in [-0.1, -0.05) is 24.3 Å². The van der Waals surface area contributed by atoms with Crippen molar-refractivity contribution in [3.05, 3.63) is 42.0 Å². The van der Waals surface area contributed by atoms with E-state index in [1.54, 1.807) is 7.11 Å². The van der Waals surface area contributed by atoms with Gasteiger partial charge >= 0.3 is 0 Å². The van der Waals surface area contributed by atoms with E-state index in [4.69, 9.17) is 4.74 Å². The van der Waals surface area contributed by atoms with E-state index in [0.717, 1.165) is 34.9 Å². The molecule has 1 amide bonds. The van der Waals surface area contributed by atoms with Crippen molar-refractivity contribution in [2.75, 3.05) is 20.3 Å². The molecule has 1 saturated carbocycles. The molecule has 0 heterocycles. The van der Waals surface area contributed by atoms with Crippen molar-refractivity contribution < 1.29 is 14.6 Å². The molecule has 0 aliphatic heterocycles. The van der Waals surface area contributed by atoms with Crippen LogP contribution in [0.25, 0.3) is 10.8 Å². The van der Waals surface area contributed by atoms with E-state index in [2.05, 4.69) is 5.32 Å². The first kappa shape index (κ1) is 14.9. The predicted octanol–water partition coefficient (Wildman–Crippen LogP) is 2.45. The average molecular weight is 299 g/mol. The van der Waals surface area contributed by atoms with E-state index >= 15 is 0 Å². The first-order valence-corrected chi connectivity index (χ1v) is 7.68. The molecule has 1 aliphatic carbocycles. The summed E-state index contributed by atoms with van der Waals surface area (Å²) in [6.07, 6.45) is 1.97. The van der Waals surface area contributed by atoms with Crippen molar-refractivity contribution in [3.63, 3.8) is 0 Å². The molecule has 1 atom stereocenters. The lowest BCUT2D eigenvalue weighted by molar-refractivity contribution is -0.122. The van der Waals surface area contributed by atoms with Gasteiger partial charge in [0.25, 0.3) is 0 Å². The van der Waals surface area contributed by atoms with Gasteiger partial charge in [0.15, 0.2) is 0 Å². The first-order valence-electron chi connectivity index (χ1n) is 7.68. The molecular weight excluding hydrogens is 278 g/mol. The van der Waals surface area contributed by atoms with Gasteiger partial charge in [-0.15, -0.1) is 0 Å². The quantitative estimate of drug-likeness (QED) is 0.861. The molecule has 1 aliphatic rings. The van der Waals surface area contributed by atoms with Crippen LogP contribution in [0.2, 0.25) is 0 Å². The van der Waals surface area contributed by atoms with Crippen LogP contribution in [0, 0.1) is 5.92 Å². The molecular formula is C18H21NO3. The lowest BCUT2D eigenvalue weighted by atomic mass is 9.93. The summed E-state index contributed by atoms with van der Waals surface area (Å²) in [6.45, 7) is 0.462. The van der Waals surface area contributed by atoms with Crippen LogP contribution in [-0.2, 0) is 4.79 Å². The number of nitrogens with one attached hydrogen (secondary N) is 1. The second-order valence-electron chi connectivity index (χ2n) is 5.83. The molecule has 0 saturated heterocycles. The van der Waals surface area contributed by atoms with Gasteiger partial charge in [0, 0.05) is 18.4 Å². The lowest BCUT2D eigenvalue weighted by Gasteiger charge is -2.18. The van der Waals surface area contributed by atoms with Crippen LogP contribution in [0.15, 0.2) is 36.4 Å². The number of rotatable bonds is 6. The third-order valence-corrected chi connectivity index (χ3v) is 4.25. The highest BCUT2D eigenvalue weighted by Gasteiger charge is 2.29. The molecule has 22 heavy (non-hydrogen) atoms. The number of fused-ring (bicyclic) bond motifs is 1. The number of methoxy groups -OCH3 is 1. The fraction of sp³-hybridized carbons (Fsp3) is 0.389. The minimum absolute atomic E-state index is 0.00126. The second-order valence-corrected chi connectivity index (χ2v) is 5.83. The van der Waals surface area contributed by atoms with E-state index in [-0.39, 0.29) is 24.3 Å². The Balaban J connectivity index is 1.86. The van der Waals surface area contributed by atoms with E-state index < -0.39 is 0 Å². The van der Waals surface area contributed by atoms with Gasteiger partial charge in [-0.05, 0) is 41.3 Å². The Kier molecular flexibility index (Phi) is 4.29. The van der Waals surface area contributed by atoms with Crippen LogP contribution >= 0.6 is 0 Å². The third kappa shape index (κ3) is 3.07. The van der Waals surface area contributed by atoms with Gasteiger partial charge in [-0.3, -0.25) is 4.79 Å². The topological polar surface area (TPSA) is 58.6 Å². The fourth-order valence-corrected chi connectivity index (χ4v) is 2.75. The summed E-state index contributed by atoms with van der Waals surface area (Å²) >= 11 is 0. The van der Waals surface area contributed by atoms with Gasteiger partial charge in [-0.25, -0.2) is 0 Å². The summed E-state index contributed by atoms with van der Waals surface area (Å²) in [6, 6.07) is 11.9. The van der Waals surface area contributed by atoms with Gasteiger partial charge in [0.2, 0.25) is 5.91 Å². The Bertz CT molecular complexity index is 679. The molecule has 1 unspecified atom stereocenters. The van der Waals surface area contributed by atoms with Crippen molar-refractivity contribution in [2.24, 2.45) is 5.92 Å². The maximum Gasteiger partial charge on any atom is 0.223 e. The summed E-state index contributed by atoms with van der Waals surface area (Å²) in [5.41, 5.74) is 1.04. The van der Waals surface area contributed by atoms with Crippen LogP contribution in [0.1, 0.15) is 24.3 Å². The standard InChI is InChI=1S/C18H21NO3/c1-22-15-8-7-12-3-2-4-16(17(12)9-15)14(11-20)10-19-18(21)13-5-6-13/h2-4,7-9,13-14,20H,5-6,10-11H2,1H3,(H,19,21). The molecule has 0 spiro atoms. The number of carbonyl (C=O) groups excluding carboxylic acids is 1. The number of aliphatic hydroxyl groups is 1. The highest BCUT2D eigenvalue weighted by molar-refractivity contribution is 5.87. The molecule has 116 valence electrons. The van der Waals surface area contributed by atoms with E-state index in [9.17, 15) is 9.90 Å². The Morgan fingerprint density at radius 1 is 1.36 bits per heavy atom. The second kappa shape index (κ2) is 6.36. The van der Waals surface area contributed by atoms with Gasteiger partial charge < -0.3 is 15.2 Å². The van der Waals surface area contributed by atoms with Gasteiger partial charge in [0.1, 0.15) is 5.75 Å². The predicted molar refractivity (Wildman–Crippen MR) is 86.1 cm³/mol. The van der Waals surface area contributed by atoms with Crippen molar-refractivity contribution in [2.45, 2.75) is 18.8 Å². The Morgan fingerprint density at radius 2 is 2.18 bits per heavy atom. The lowest BCUT2D eigenvalue weighted by Crippen LogP contribution is -2.30. The molecule has 2 N–H and O–H groups in total. The number of amides is 1. The third-order valence-electron chi connectivity index (χ3n) is 4.25. The minimum atomic E-state index is -0.112. The number of benzene rings is 2. The average Bonchev–Trinajstić information content (AvgIpc) is 3.39. The zero-order chi connectivity index (χ0) is 15.5. The summed E-state index contributed by atoms with van der Waals surface area (Å²) in [7, 11) is 1.64. The minimum Gasteiger partial charge on any atom is -0.497 e. The van der Waals surface area contributed by atoms with Crippen LogP contribution in [0.5, 0.6) is 5.75 Å². The highest BCUT2D eigenvalue weighted by Crippen LogP contribution is 2.30. The molecule has 0 bridgehead atoms. The number of carbonyl (C=O) groups is 1. The van der Waals surface area contributed by atoms with E-state index in [1.165, 1.54) is 0 Å².